The predicted molar refractivity (Wildman–Crippen MR) is 82.6 cm³/mol. The molecular weight excluding hydrogens is 246 g/mol. The van der Waals surface area contributed by atoms with E-state index in [1.54, 1.807) is 0 Å². The lowest BCUT2D eigenvalue weighted by atomic mass is 9.78. The highest BCUT2D eigenvalue weighted by Gasteiger charge is 2.27. The first-order valence-electron chi connectivity index (χ1n) is 7.69. The molecule has 0 amide bonds. The Hall–Kier alpha value is -1.41. The van der Waals surface area contributed by atoms with E-state index in [9.17, 15) is 5.11 Å². The van der Waals surface area contributed by atoms with Crippen molar-refractivity contribution in [3.63, 3.8) is 0 Å². The van der Waals surface area contributed by atoms with E-state index in [0.29, 0.717) is 5.92 Å². The summed E-state index contributed by atoms with van der Waals surface area (Å²) >= 11 is 0. The van der Waals surface area contributed by atoms with Gasteiger partial charge in [0.25, 0.3) is 0 Å². The molecule has 1 atom stereocenters. The molecule has 2 heteroatoms. The highest BCUT2D eigenvalue weighted by Crippen LogP contribution is 2.38. The van der Waals surface area contributed by atoms with Gasteiger partial charge in [-0.3, -0.25) is 4.98 Å². The first kappa shape index (κ1) is 13.6. The summed E-state index contributed by atoms with van der Waals surface area (Å²) in [6.07, 6.45) is 4.40. The number of aromatic nitrogens is 1. The molecule has 2 aromatic rings. The number of hydrogen-bond acceptors (Lipinski definition) is 2. The third kappa shape index (κ3) is 2.57. The maximum Gasteiger partial charge on any atom is 0.0825 e. The molecule has 1 aromatic carbocycles. The van der Waals surface area contributed by atoms with Crippen molar-refractivity contribution in [1.29, 1.82) is 0 Å². The van der Waals surface area contributed by atoms with Crippen LogP contribution < -0.4 is 0 Å². The van der Waals surface area contributed by atoms with Crippen LogP contribution in [0.25, 0.3) is 10.9 Å². The summed E-state index contributed by atoms with van der Waals surface area (Å²) in [6, 6.07) is 10.2. The largest absolute Gasteiger partial charge is 0.388 e. The van der Waals surface area contributed by atoms with E-state index < -0.39 is 0 Å². The molecule has 3 rings (SSSR count). The molecule has 20 heavy (non-hydrogen) atoms. The molecule has 1 heterocycles. The van der Waals surface area contributed by atoms with E-state index in [1.807, 2.05) is 25.1 Å². The number of hydrogen-bond donors (Lipinski definition) is 1. The predicted octanol–water partition coefficient (Wildman–Crippen LogP) is 4.40. The topological polar surface area (TPSA) is 33.1 Å². The molecule has 1 aliphatic carbocycles. The van der Waals surface area contributed by atoms with Gasteiger partial charge in [-0.25, -0.2) is 0 Å². The first-order chi connectivity index (χ1) is 9.65. The van der Waals surface area contributed by atoms with Gasteiger partial charge in [0.05, 0.1) is 11.6 Å². The minimum Gasteiger partial charge on any atom is -0.388 e. The molecule has 0 saturated heterocycles. The number of aryl methyl sites for hydroxylation is 1. The highest BCUT2D eigenvalue weighted by molar-refractivity contribution is 5.82. The number of pyridine rings is 1. The molecule has 1 N–H and O–H groups in total. The van der Waals surface area contributed by atoms with E-state index in [1.165, 1.54) is 12.8 Å². The molecular formula is C18H23NO. The molecule has 0 radical (unpaired) electrons. The van der Waals surface area contributed by atoms with Gasteiger partial charge >= 0.3 is 0 Å². The molecule has 2 nitrogen and oxygen atoms in total. The normalized spacial score (nSPS) is 24.8. The molecule has 1 fully saturated rings. The molecule has 1 aromatic heterocycles. The van der Waals surface area contributed by atoms with Crippen molar-refractivity contribution < 1.29 is 5.11 Å². The third-order valence-corrected chi connectivity index (χ3v) is 4.70. The number of fused-ring (bicyclic) bond motifs is 1. The highest BCUT2D eigenvalue weighted by atomic mass is 16.3. The van der Waals surface area contributed by atoms with Crippen molar-refractivity contribution >= 4 is 10.9 Å². The molecule has 1 unspecified atom stereocenters. The Morgan fingerprint density at radius 3 is 2.60 bits per heavy atom. The summed E-state index contributed by atoms with van der Waals surface area (Å²) in [7, 11) is 0. The number of rotatable bonds is 2. The fourth-order valence-corrected chi connectivity index (χ4v) is 3.44. The Bertz CT molecular complexity index is 599. The van der Waals surface area contributed by atoms with Gasteiger partial charge in [-0.15, -0.1) is 0 Å². The summed E-state index contributed by atoms with van der Waals surface area (Å²) in [5, 5.41) is 11.9. The monoisotopic (exact) mass is 269 g/mol. The second-order valence-electron chi connectivity index (χ2n) is 6.33. The fourth-order valence-electron chi connectivity index (χ4n) is 3.44. The van der Waals surface area contributed by atoms with Gasteiger partial charge in [0.1, 0.15) is 0 Å². The van der Waals surface area contributed by atoms with Crippen LogP contribution in [-0.4, -0.2) is 10.1 Å². The quantitative estimate of drug-likeness (QED) is 0.876. The van der Waals surface area contributed by atoms with Crippen molar-refractivity contribution in [3.8, 4) is 0 Å². The summed E-state index contributed by atoms with van der Waals surface area (Å²) < 4.78 is 0. The van der Waals surface area contributed by atoms with Crippen LogP contribution in [0.1, 0.15) is 50.0 Å². The van der Waals surface area contributed by atoms with E-state index in [4.69, 9.17) is 0 Å². The van der Waals surface area contributed by atoms with Crippen molar-refractivity contribution in [1.82, 2.24) is 4.98 Å². The van der Waals surface area contributed by atoms with Crippen LogP contribution in [0.2, 0.25) is 0 Å². The average molecular weight is 269 g/mol. The van der Waals surface area contributed by atoms with E-state index in [0.717, 1.165) is 40.9 Å². The summed E-state index contributed by atoms with van der Waals surface area (Å²) in [6.45, 7) is 4.32. The van der Waals surface area contributed by atoms with Crippen LogP contribution in [0, 0.1) is 18.8 Å². The molecule has 0 aliphatic heterocycles. The van der Waals surface area contributed by atoms with Gasteiger partial charge in [-0.1, -0.05) is 38.0 Å². The van der Waals surface area contributed by atoms with Gasteiger partial charge in [0.15, 0.2) is 0 Å². The molecule has 0 spiro atoms. The number of para-hydroxylation sites is 1. The fraction of sp³-hybridized carbons (Fsp3) is 0.500. The summed E-state index contributed by atoms with van der Waals surface area (Å²) in [5.74, 6) is 1.21. The lowest BCUT2D eigenvalue weighted by molar-refractivity contribution is 0.0766. The minimum absolute atomic E-state index is 0.353. The average Bonchev–Trinajstić information content (AvgIpc) is 2.46. The van der Waals surface area contributed by atoms with Crippen LogP contribution in [0.3, 0.4) is 0 Å². The third-order valence-electron chi connectivity index (χ3n) is 4.70. The second kappa shape index (κ2) is 5.53. The smallest absolute Gasteiger partial charge is 0.0825 e. The zero-order chi connectivity index (χ0) is 14.1. The van der Waals surface area contributed by atoms with Crippen LogP contribution in [0.15, 0.2) is 30.3 Å². The van der Waals surface area contributed by atoms with Crippen LogP contribution in [0.4, 0.5) is 0 Å². The van der Waals surface area contributed by atoms with Crippen molar-refractivity contribution in [3.05, 3.63) is 41.6 Å². The van der Waals surface area contributed by atoms with Crippen LogP contribution in [0.5, 0.6) is 0 Å². The number of aliphatic hydroxyl groups is 1. The molecule has 1 saturated carbocycles. The zero-order valence-corrected chi connectivity index (χ0v) is 12.3. The molecule has 0 bridgehead atoms. The Morgan fingerprint density at radius 1 is 1.15 bits per heavy atom. The summed E-state index contributed by atoms with van der Waals surface area (Å²) in [5.41, 5.74) is 3.04. The lowest BCUT2D eigenvalue weighted by Gasteiger charge is -2.30. The zero-order valence-electron chi connectivity index (χ0n) is 12.3. The van der Waals surface area contributed by atoms with Gasteiger partial charge < -0.3 is 5.11 Å². The van der Waals surface area contributed by atoms with Crippen LogP contribution >= 0.6 is 0 Å². The number of aliphatic hydroxyl groups excluding tert-OH is 1. The SMILES string of the molecule is Cc1cc(C(O)C2CCC(C)CC2)c2ccccc2n1. The number of nitrogens with zero attached hydrogens (tertiary/aromatic N) is 1. The minimum atomic E-state index is -0.353. The number of benzene rings is 1. The van der Waals surface area contributed by atoms with E-state index in [2.05, 4.69) is 24.0 Å². The van der Waals surface area contributed by atoms with Crippen molar-refractivity contribution in [2.75, 3.05) is 0 Å². The standard InChI is InChI=1S/C18H23NO/c1-12-7-9-14(10-8-12)18(20)16-11-13(2)19-17-6-4-3-5-15(16)17/h3-6,11-12,14,18,20H,7-10H2,1-2H3. The molecule has 106 valence electrons. The Morgan fingerprint density at radius 2 is 1.85 bits per heavy atom. The molecule has 1 aliphatic rings. The second-order valence-corrected chi connectivity index (χ2v) is 6.33. The van der Waals surface area contributed by atoms with E-state index >= 15 is 0 Å². The maximum absolute atomic E-state index is 10.8. The first-order valence-corrected chi connectivity index (χ1v) is 7.69. The van der Waals surface area contributed by atoms with Gasteiger partial charge in [0, 0.05) is 11.1 Å². The van der Waals surface area contributed by atoms with Gasteiger partial charge in [0.2, 0.25) is 0 Å². The van der Waals surface area contributed by atoms with Gasteiger partial charge in [-0.2, -0.15) is 0 Å². The van der Waals surface area contributed by atoms with Crippen LogP contribution in [-0.2, 0) is 0 Å². The van der Waals surface area contributed by atoms with Crippen molar-refractivity contribution in [2.24, 2.45) is 11.8 Å². The Kier molecular flexibility index (Phi) is 3.75. The van der Waals surface area contributed by atoms with E-state index in [-0.39, 0.29) is 6.10 Å². The Balaban J connectivity index is 1.96. The summed E-state index contributed by atoms with van der Waals surface area (Å²) in [4.78, 5) is 4.56. The maximum atomic E-state index is 10.8. The lowest BCUT2D eigenvalue weighted by Crippen LogP contribution is -2.19. The van der Waals surface area contributed by atoms with Crippen molar-refractivity contribution in [2.45, 2.75) is 45.6 Å². The van der Waals surface area contributed by atoms with Gasteiger partial charge in [-0.05, 0) is 49.3 Å². The Labute approximate surface area is 120 Å².